The summed E-state index contributed by atoms with van der Waals surface area (Å²) >= 11 is 5.88. The van der Waals surface area contributed by atoms with Crippen LogP contribution >= 0.6 is 24.0 Å². The first-order valence-corrected chi connectivity index (χ1v) is 6.53. The van der Waals surface area contributed by atoms with E-state index in [0.29, 0.717) is 23.4 Å². The van der Waals surface area contributed by atoms with Gasteiger partial charge in [-0.05, 0) is 38.2 Å². The third kappa shape index (κ3) is 4.80. The second kappa shape index (κ2) is 7.90. The number of nitrogens with zero attached hydrogens (tertiary/aromatic N) is 1. The number of likely N-dealkylation sites (N-methyl/N-ethyl adjacent to an activating group) is 1. The maximum atomic E-state index is 12.8. The molecule has 0 saturated carbocycles. The quantitative estimate of drug-likeness (QED) is 0.905. The van der Waals surface area contributed by atoms with Crippen molar-refractivity contribution in [2.24, 2.45) is 0 Å². The summed E-state index contributed by atoms with van der Waals surface area (Å²) in [5, 5.41) is 3.65. The molecule has 19 heavy (non-hydrogen) atoms. The highest BCUT2D eigenvalue weighted by Gasteiger charge is 2.18. The van der Waals surface area contributed by atoms with Crippen LogP contribution in [-0.4, -0.2) is 44.2 Å². The van der Waals surface area contributed by atoms with Crippen LogP contribution < -0.4 is 10.1 Å². The second-order valence-electron chi connectivity index (χ2n) is 4.55. The van der Waals surface area contributed by atoms with Gasteiger partial charge in [0, 0.05) is 19.1 Å². The van der Waals surface area contributed by atoms with E-state index in [1.165, 1.54) is 18.6 Å². The van der Waals surface area contributed by atoms with Gasteiger partial charge in [-0.1, -0.05) is 11.6 Å². The number of hydrogen-bond acceptors (Lipinski definition) is 3. The van der Waals surface area contributed by atoms with Gasteiger partial charge in [-0.2, -0.15) is 0 Å². The summed E-state index contributed by atoms with van der Waals surface area (Å²) in [6, 6.07) is 4.76. The first-order valence-electron chi connectivity index (χ1n) is 6.15. The fourth-order valence-electron chi connectivity index (χ4n) is 2.09. The molecular formula is C13H19Cl2FN2O. The number of ether oxygens (including phenoxy) is 1. The Bertz CT molecular complexity index is 400. The normalized spacial score (nSPS) is 18.4. The highest BCUT2D eigenvalue weighted by molar-refractivity contribution is 6.32. The van der Waals surface area contributed by atoms with E-state index in [4.69, 9.17) is 16.3 Å². The van der Waals surface area contributed by atoms with Gasteiger partial charge >= 0.3 is 0 Å². The summed E-state index contributed by atoms with van der Waals surface area (Å²) in [6.07, 6.45) is 1.17. The Labute approximate surface area is 124 Å². The summed E-state index contributed by atoms with van der Waals surface area (Å²) in [5.74, 6) is 0.192. The van der Waals surface area contributed by atoms with Gasteiger partial charge < -0.3 is 10.1 Å². The molecule has 0 aliphatic carbocycles. The minimum Gasteiger partial charge on any atom is -0.491 e. The van der Waals surface area contributed by atoms with Crippen molar-refractivity contribution in [2.75, 3.05) is 33.3 Å². The van der Waals surface area contributed by atoms with Crippen molar-refractivity contribution in [2.45, 2.75) is 12.5 Å². The predicted octanol–water partition coefficient (Wildman–Crippen LogP) is 2.57. The van der Waals surface area contributed by atoms with Crippen molar-refractivity contribution in [3.05, 3.63) is 29.0 Å². The highest BCUT2D eigenvalue weighted by Crippen LogP contribution is 2.24. The molecule has 2 rings (SSSR count). The van der Waals surface area contributed by atoms with Crippen molar-refractivity contribution in [3.8, 4) is 5.75 Å². The molecule has 0 amide bonds. The van der Waals surface area contributed by atoms with Crippen molar-refractivity contribution in [1.29, 1.82) is 0 Å². The Kier molecular flexibility index (Phi) is 6.86. The maximum absolute atomic E-state index is 12.8. The van der Waals surface area contributed by atoms with Gasteiger partial charge in [0.05, 0.1) is 5.02 Å². The van der Waals surface area contributed by atoms with E-state index in [1.54, 1.807) is 6.07 Å². The molecule has 3 nitrogen and oxygen atoms in total. The van der Waals surface area contributed by atoms with Crippen molar-refractivity contribution < 1.29 is 9.13 Å². The Balaban J connectivity index is 0.00000180. The molecule has 1 aromatic carbocycles. The monoisotopic (exact) mass is 308 g/mol. The van der Waals surface area contributed by atoms with E-state index in [2.05, 4.69) is 17.3 Å². The average molecular weight is 309 g/mol. The SMILES string of the molecule is CN(CCOc1ccc(F)cc1Cl)C1CCNC1.Cl. The molecule has 1 N–H and O–H groups in total. The van der Waals surface area contributed by atoms with Gasteiger partial charge in [-0.25, -0.2) is 4.39 Å². The van der Waals surface area contributed by atoms with Gasteiger partial charge in [0.25, 0.3) is 0 Å². The van der Waals surface area contributed by atoms with E-state index in [-0.39, 0.29) is 18.2 Å². The Morgan fingerprint density at radius 2 is 2.32 bits per heavy atom. The minimum atomic E-state index is -0.346. The van der Waals surface area contributed by atoms with E-state index in [1.807, 2.05) is 0 Å². The smallest absolute Gasteiger partial charge is 0.138 e. The molecular weight excluding hydrogens is 290 g/mol. The lowest BCUT2D eigenvalue weighted by Crippen LogP contribution is -2.36. The standard InChI is InChI=1S/C13H18ClFN2O.ClH/c1-17(11-4-5-16-9-11)6-7-18-13-3-2-10(15)8-12(13)14;/h2-3,8,11,16H,4-7,9H2,1H3;1H. The van der Waals surface area contributed by atoms with Crippen LogP contribution in [0, 0.1) is 5.82 Å². The molecule has 108 valence electrons. The van der Waals surface area contributed by atoms with E-state index in [9.17, 15) is 4.39 Å². The summed E-state index contributed by atoms with van der Waals surface area (Å²) < 4.78 is 18.4. The number of rotatable bonds is 5. The fraction of sp³-hybridized carbons (Fsp3) is 0.538. The predicted molar refractivity (Wildman–Crippen MR) is 78.1 cm³/mol. The lowest BCUT2D eigenvalue weighted by atomic mass is 10.2. The first kappa shape index (κ1) is 16.5. The zero-order chi connectivity index (χ0) is 13.0. The summed E-state index contributed by atoms with van der Waals surface area (Å²) in [7, 11) is 2.09. The van der Waals surface area contributed by atoms with E-state index >= 15 is 0 Å². The molecule has 1 aromatic rings. The summed E-state index contributed by atoms with van der Waals surface area (Å²) in [5.41, 5.74) is 0. The molecule has 1 unspecified atom stereocenters. The summed E-state index contributed by atoms with van der Waals surface area (Å²) in [6.45, 7) is 3.51. The van der Waals surface area contributed by atoms with Gasteiger partial charge in [-0.3, -0.25) is 4.90 Å². The highest BCUT2D eigenvalue weighted by atomic mass is 35.5. The number of benzene rings is 1. The van der Waals surface area contributed by atoms with Gasteiger partial charge in [-0.15, -0.1) is 12.4 Å². The third-order valence-electron chi connectivity index (χ3n) is 3.25. The largest absolute Gasteiger partial charge is 0.491 e. The van der Waals surface area contributed by atoms with Crippen LogP contribution in [0.15, 0.2) is 18.2 Å². The lowest BCUT2D eigenvalue weighted by molar-refractivity contribution is 0.199. The minimum absolute atomic E-state index is 0. The Morgan fingerprint density at radius 1 is 1.53 bits per heavy atom. The van der Waals surface area contributed by atoms with Crippen LogP contribution in [0.5, 0.6) is 5.75 Å². The molecule has 1 fully saturated rings. The Hall–Kier alpha value is -0.550. The topological polar surface area (TPSA) is 24.5 Å². The van der Waals surface area contributed by atoms with Crippen LogP contribution in [0.2, 0.25) is 5.02 Å². The summed E-state index contributed by atoms with van der Waals surface area (Å²) in [4.78, 5) is 2.28. The van der Waals surface area contributed by atoms with Crippen molar-refractivity contribution in [3.63, 3.8) is 0 Å². The molecule has 0 radical (unpaired) electrons. The number of hydrogen-bond donors (Lipinski definition) is 1. The van der Waals surface area contributed by atoms with E-state index in [0.717, 1.165) is 19.6 Å². The van der Waals surface area contributed by atoms with Crippen molar-refractivity contribution in [1.82, 2.24) is 10.2 Å². The van der Waals surface area contributed by atoms with Crippen LogP contribution in [0.25, 0.3) is 0 Å². The van der Waals surface area contributed by atoms with Gasteiger partial charge in [0.1, 0.15) is 18.2 Å². The molecule has 0 aromatic heterocycles. The second-order valence-corrected chi connectivity index (χ2v) is 4.96. The molecule has 0 bridgehead atoms. The van der Waals surface area contributed by atoms with Crippen LogP contribution in [0.4, 0.5) is 4.39 Å². The van der Waals surface area contributed by atoms with Gasteiger partial charge in [0.15, 0.2) is 0 Å². The zero-order valence-electron chi connectivity index (χ0n) is 10.9. The fourth-order valence-corrected chi connectivity index (χ4v) is 2.31. The van der Waals surface area contributed by atoms with Crippen LogP contribution in [0.1, 0.15) is 6.42 Å². The third-order valence-corrected chi connectivity index (χ3v) is 3.55. The van der Waals surface area contributed by atoms with Crippen LogP contribution in [-0.2, 0) is 0 Å². The van der Waals surface area contributed by atoms with Crippen molar-refractivity contribution >= 4 is 24.0 Å². The molecule has 1 heterocycles. The molecule has 1 saturated heterocycles. The molecule has 1 aliphatic rings. The number of nitrogens with one attached hydrogen (secondary N) is 1. The number of halogens is 3. The average Bonchev–Trinajstić information content (AvgIpc) is 2.85. The Morgan fingerprint density at radius 3 is 2.95 bits per heavy atom. The molecule has 0 spiro atoms. The zero-order valence-corrected chi connectivity index (χ0v) is 12.4. The van der Waals surface area contributed by atoms with E-state index < -0.39 is 0 Å². The molecule has 1 atom stereocenters. The molecule has 1 aliphatic heterocycles. The molecule has 6 heteroatoms. The maximum Gasteiger partial charge on any atom is 0.138 e. The van der Waals surface area contributed by atoms with Gasteiger partial charge in [0.2, 0.25) is 0 Å². The first-order chi connectivity index (χ1) is 8.66. The lowest BCUT2D eigenvalue weighted by Gasteiger charge is -2.23. The van der Waals surface area contributed by atoms with Crippen LogP contribution in [0.3, 0.4) is 0 Å².